The second kappa shape index (κ2) is 7.86. The molecule has 3 atom stereocenters. The van der Waals surface area contributed by atoms with Gasteiger partial charge in [-0.3, -0.25) is 0 Å². The number of hydrogen-bond acceptors (Lipinski definition) is 4. The number of aliphatic hydroxyl groups is 2. The fourth-order valence-corrected chi connectivity index (χ4v) is 4.70. The van der Waals surface area contributed by atoms with Crippen molar-refractivity contribution in [2.24, 2.45) is 0 Å². The lowest BCUT2D eigenvalue weighted by Crippen LogP contribution is -2.34. The van der Waals surface area contributed by atoms with E-state index in [0.29, 0.717) is 19.4 Å². The van der Waals surface area contributed by atoms with Crippen LogP contribution in [-0.4, -0.2) is 35.6 Å². The number of hydrogen-bond donors (Lipinski definition) is 2. The molecule has 1 heterocycles. The molecule has 0 amide bonds. The highest BCUT2D eigenvalue weighted by atomic mass is 16.5. The Bertz CT molecular complexity index is 810. The number of aliphatic hydroxyl groups excluding tert-OH is 2. The van der Waals surface area contributed by atoms with Gasteiger partial charge in [0, 0.05) is 18.3 Å². The van der Waals surface area contributed by atoms with Crippen molar-refractivity contribution in [1.29, 1.82) is 0 Å². The lowest BCUT2D eigenvalue weighted by Gasteiger charge is -2.34. The third-order valence-electron chi connectivity index (χ3n) is 6.29. The van der Waals surface area contributed by atoms with Gasteiger partial charge in [0.25, 0.3) is 0 Å². The summed E-state index contributed by atoms with van der Waals surface area (Å²) < 4.78 is 11.7. The van der Waals surface area contributed by atoms with Gasteiger partial charge in [-0.1, -0.05) is 30.3 Å². The third kappa shape index (κ3) is 3.57. The van der Waals surface area contributed by atoms with E-state index in [1.54, 1.807) is 0 Å². The van der Waals surface area contributed by atoms with E-state index in [9.17, 15) is 10.2 Å². The molecule has 28 heavy (non-hydrogen) atoms. The van der Waals surface area contributed by atoms with Crippen molar-refractivity contribution in [3.63, 3.8) is 0 Å². The van der Waals surface area contributed by atoms with Gasteiger partial charge >= 0.3 is 0 Å². The van der Waals surface area contributed by atoms with Crippen molar-refractivity contribution in [1.82, 2.24) is 0 Å². The topological polar surface area (TPSA) is 58.9 Å². The molecular formula is C24H30O4. The van der Waals surface area contributed by atoms with Crippen LogP contribution >= 0.6 is 0 Å². The molecule has 1 saturated carbocycles. The van der Waals surface area contributed by atoms with Crippen LogP contribution in [0.3, 0.4) is 0 Å². The Morgan fingerprint density at radius 3 is 2.50 bits per heavy atom. The van der Waals surface area contributed by atoms with Gasteiger partial charge in [0.05, 0.1) is 31.5 Å². The minimum Gasteiger partial charge on any atom is -0.494 e. The number of rotatable bonds is 6. The highest BCUT2D eigenvalue weighted by Gasteiger charge is 2.47. The van der Waals surface area contributed by atoms with Gasteiger partial charge in [-0.05, 0) is 61.1 Å². The van der Waals surface area contributed by atoms with Crippen LogP contribution in [0.1, 0.15) is 61.0 Å². The van der Waals surface area contributed by atoms with E-state index < -0.39 is 6.10 Å². The average Bonchev–Trinajstić information content (AvgIpc) is 3.50. The monoisotopic (exact) mass is 382 g/mol. The van der Waals surface area contributed by atoms with Crippen LogP contribution in [0.4, 0.5) is 0 Å². The molecular weight excluding hydrogens is 352 g/mol. The molecule has 1 saturated heterocycles. The van der Waals surface area contributed by atoms with E-state index in [4.69, 9.17) is 9.47 Å². The van der Waals surface area contributed by atoms with Gasteiger partial charge in [0.15, 0.2) is 0 Å². The predicted octanol–water partition coefficient (Wildman–Crippen LogP) is 4.05. The predicted molar refractivity (Wildman–Crippen MR) is 109 cm³/mol. The Morgan fingerprint density at radius 1 is 1.11 bits per heavy atom. The Balaban J connectivity index is 1.65. The smallest absolute Gasteiger partial charge is 0.119 e. The van der Waals surface area contributed by atoms with Gasteiger partial charge in [0.1, 0.15) is 5.75 Å². The van der Waals surface area contributed by atoms with Gasteiger partial charge in [-0.25, -0.2) is 0 Å². The first-order chi connectivity index (χ1) is 13.6. The molecule has 0 bridgehead atoms. The van der Waals surface area contributed by atoms with Gasteiger partial charge in [-0.15, -0.1) is 0 Å². The quantitative estimate of drug-likeness (QED) is 0.791. The SMILES string of the molecule is CCOc1ccc(C2(c3cccc(C4CC(O)CC(CO)O4)c3C)CC2)cc1. The minimum absolute atomic E-state index is 0.0532. The van der Waals surface area contributed by atoms with Gasteiger partial charge < -0.3 is 19.7 Å². The molecule has 2 aromatic rings. The molecule has 1 aliphatic heterocycles. The summed E-state index contributed by atoms with van der Waals surface area (Å²) in [6.07, 6.45) is 2.46. The van der Waals surface area contributed by atoms with E-state index in [2.05, 4.69) is 49.4 Å². The van der Waals surface area contributed by atoms with E-state index in [1.807, 2.05) is 6.92 Å². The standard InChI is InChI=1S/C24H30O4/c1-3-27-19-9-7-17(8-10-19)24(11-12-24)22-6-4-5-21(16(22)2)23-14-18(26)13-20(15-25)28-23/h4-10,18,20,23,25-26H,3,11-15H2,1-2H3. The zero-order valence-corrected chi connectivity index (χ0v) is 16.7. The Morgan fingerprint density at radius 2 is 1.86 bits per heavy atom. The van der Waals surface area contributed by atoms with Crippen LogP contribution in [0.15, 0.2) is 42.5 Å². The second-order valence-electron chi connectivity index (χ2n) is 8.11. The summed E-state index contributed by atoms with van der Waals surface area (Å²) in [5.74, 6) is 0.909. The summed E-state index contributed by atoms with van der Waals surface area (Å²) in [6.45, 7) is 4.78. The molecule has 0 aromatic heterocycles. The van der Waals surface area contributed by atoms with Crippen LogP contribution in [0.5, 0.6) is 5.75 Å². The number of benzene rings is 2. The summed E-state index contributed by atoms with van der Waals surface area (Å²) in [7, 11) is 0. The highest BCUT2D eigenvalue weighted by Crippen LogP contribution is 2.55. The summed E-state index contributed by atoms with van der Waals surface area (Å²) >= 11 is 0. The highest BCUT2D eigenvalue weighted by molar-refractivity contribution is 5.51. The van der Waals surface area contributed by atoms with Crippen LogP contribution < -0.4 is 4.74 Å². The van der Waals surface area contributed by atoms with Crippen molar-refractivity contribution >= 4 is 0 Å². The molecule has 4 rings (SSSR count). The molecule has 150 valence electrons. The summed E-state index contributed by atoms with van der Waals surface area (Å²) in [6, 6.07) is 14.9. The molecule has 2 fully saturated rings. The molecule has 4 heteroatoms. The summed E-state index contributed by atoms with van der Waals surface area (Å²) in [5, 5.41) is 19.7. The maximum Gasteiger partial charge on any atom is 0.119 e. The van der Waals surface area contributed by atoms with E-state index in [0.717, 1.165) is 24.2 Å². The van der Waals surface area contributed by atoms with Crippen LogP contribution in [-0.2, 0) is 10.2 Å². The largest absolute Gasteiger partial charge is 0.494 e. The summed E-state index contributed by atoms with van der Waals surface area (Å²) in [4.78, 5) is 0. The fourth-order valence-electron chi connectivity index (χ4n) is 4.70. The van der Waals surface area contributed by atoms with Gasteiger partial charge in [0.2, 0.25) is 0 Å². The minimum atomic E-state index is -0.431. The molecule has 1 aliphatic carbocycles. The third-order valence-corrected chi connectivity index (χ3v) is 6.29. The molecule has 4 nitrogen and oxygen atoms in total. The normalized spacial score (nSPS) is 26.1. The lowest BCUT2D eigenvalue weighted by atomic mass is 9.82. The van der Waals surface area contributed by atoms with E-state index in [1.165, 1.54) is 16.7 Å². The van der Waals surface area contributed by atoms with Crippen molar-refractivity contribution in [2.45, 2.75) is 63.3 Å². The first-order valence-electron chi connectivity index (χ1n) is 10.3. The molecule has 2 aliphatic rings. The van der Waals surface area contributed by atoms with Gasteiger partial charge in [-0.2, -0.15) is 0 Å². The molecule has 0 radical (unpaired) electrons. The zero-order chi connectivity index (χ0) is 19.7. The molecule has 0 spiro atoms. The zero-order valence-electron chi connectivity index (χ0n) is 16.7. The maximum atomic E-state index is 10.2. The van der Waals surface area contributed by atoms with E-state index >= 15 is 0 Å². The molecule has 3 unspecified atom stereocenters. The Labute approximate surface area is 167 Å². The van der Waals surface area contributed by atoms with Crippen LogP contribution in [0.25, 0.3) is 0 Å². The van der Waals surface area contributed by atoms with E-state index in [-0.39, 0.29) is 24.2 Å². The van der Waals surface area contributed by atoms with Crippen molar-refractivity contribution in [2.75, 3.05) is 13.2 Å². The van der Waals surface area contributed by atoms with Crippen LogP contribution in [0, 0.1) is 6.92 Å². The lowest BCUT2D eigenvalue weighted by molar-refractivity contribution is -0.114. The molecule has 2 aromatic carbocycles. The van der Waals surface area contributed by atoms with Crippen LogP contribution in [0.2, 0.25) is 0 Å². The maximum absolute atomic E-state index is 10.2. The van der Waals surface area contributed by atoms with Crippen molar-refractivity contribution < 1.29 is 19.7 Å². The Kier molecular flexibility index (Phi) is 5.46. The first-order valence-corrected chi connectivity index (χ1v) is 10.3. The Hall–Kier alpha value is -1.88. The fraction of sp³-hybridized carbons (Fsp3) is 0.500. The average molecular weight is 383 g/mol. The van der Waals surface area contributed by atoms with Crippen molar-refractivity contribution in [3.05, 3.63) is 64.7 Å². The molecule has 2 N–H and O–H groups in total. The first kappa shape index (κ1) is 19.4. The number of ether oxygens (including phenoxy) is 2. The second-order valence-corrected chi connectivity index (χ2v) is 8.11. The van der Waals surface area contributed by atoms with Crippen molar-refractivity contribution in [3.8, 4) is 5.75 Å². The summed E-state index contributed by atoms with van der Waals surface area (Å²) in [5.41, 5.74) is 5.11.